The van der Waals surface area contributed by atoms with Gasteiger partial charge in [-0.05, 0) is 18.0 Å². The molecule has 0 amide bonds. The third-order valence-electron chi connectivity index (χ3n) is 1.52. The molecule has 0 saturated heterocycles. The van der Waals surface area contributed by atoms with Crippen LogP contribution >= 0.6 is 0 Å². The predicted molar refractivity (Wildman–Crippen MR) is 38.2 cm³/mol. The SMILES string of the molecule is Cc1c(F)cc(F)c(S(=O)[O-])c1F.[Na+]. The van der Waals surface area contributed by atoms with Gasteiger partial charge < -0.3 is 4.55 Å². The molecule has 0 fully saturated rings. The number of rotatable bonds is 1. The Labute approximate surface area is 103 Å². The van der Waals surface area contributed by atoms with Crippen molar-refractivity contribution in [3.8, 4) is 0 Å². The van der Waals surface area contributed by atoms with Gasteiger partial charge in [0, 0.05) is 11.6 Å². The first-order valence-corrected chi connectivity index (χ1v) is 4.26. The second-order valence-corrected chi connectivity index (χ2v) is 3.22. The Bertz CT molecular complexity index is 384. The van der Waals surface area contributed by atoms with E-state index in [-0.39, 0.29) is 29.6 Å². The first-order valence-electron chi connectivity index (χ1n) is 3.18. The monoisotopic (exact) mass is 232 g/mol. The summed E-state index contributed by atoms with van der Waals surface area (Å²) in [6, 6.07) is 0.337. The molecule has 14 heavy (non-hydrogen) atoms. The second kappa shape index (κ2) is 5.27. The average Bonchev–Trinajstić information content (AvgIpc) is 1.99. The minimum absolute atomic E-state index is 0. The smallest absolute Gasteiger partial charge is 0.768 e. The molecule has 0 saturated carbocycles. The van der Waals surface area contributed by atoms with Crippen LogP contribution in [0.25, 0.3) is 0 Å². The molecule has 1 rings (SSSR count). The van der Waals surface area contributed by atoms with Gasteiger partial charge in [-0.3, -0.25) is 4.21 Å². The molecule has 72 valence electrons. The summed E-state index contributed by atoms with van der Waals surface area (Å²) in [4.78, 5) is -1.13. The van der Waals surface area contributed by atoms with Crippen LogP contribution < -0.4 is 29.6 Å². The first kappa shape index (κ1) is 14.1. The Kier molecular flexibility index (Phi) is 5.32. The molecule has 0 aliphatic rings. The van der Waals surface area contributed by atoms with Crippen LogP contribution in [0.5, 0.6) is 0 Å². The number of hydrogen-bond acceptors (Lipinski definition) is 2. The van der Waals surface area contributed by atoms with Gasteiger partial charge in [0.05, 0.1) is 4.90 Å². The molecule has 2 nitrogen and oxygen atoms in total. The number of hydrogen-bond donors (Lipinski definition) is 0. The van der Waals surface area contributed by atoms with Gasteiger partial charge in [-0.15, -0.1) is 0 Å². The fourth-order valence-electron chi connectivity index (χ4n) is 0.818. The fourth-order valence-corrected chi connectivity index (χ4v) is 1.34. The predicted octanol–water partition coefficient (Wildman–Crippen LogP) is -1.35. The van der Waals surface area contributed by atoms with E-state index < -0.39 is 39.0 Å². The molecule has 0 N–H and O–H groups in total. The van der Waals surface area contributed by atoms with Crippen LogP contribution in [0.2, 0.25) is 0 Å². The van der Waals surface area contributed by atoms with E-state index >= 15 is 0 Å². The van der Waals surface area contributed by atoms with E-state index in [1.54, 1.807) is 0 Å². The molecule has 1 aromatic carbocycles. The van der Waals surface area contributed by atoms with Crippen molar-refractivity contribution in [3.05, 3.63) is 29.1 Å². The van der Waals surface area contributed by atoms with Crippen LogP contribution in [0.3, 0.4) is 0 Å². The summed E-state index contributed by atoms with van der Waals surface area (Å²) in [5.41, 5.74) is -0.513. The van der Waals surface area contributed by atoms with Crippen molar-refractivity contribution in [2.45, 2.75) is 11.8 Å². The Morgan fingerprint density at radius 2 is 1.79 bits per heavy atom. The summed E-state index contributed by atoms with van der Waals surface area (Å²) >= 11 is -3.04. The zero-order chi connectivity index (χ0) is 10.2. The van der Waals surface area contributed by atoms with Crippen LogP contribution in [-0.4, -0.2) is 8.76 Å². The molecule has 0 spiro atoms. The maximum Gasteiger partial charge on any atom is 1.00 e. The standard InChI is InChI=1S/C7H5F3O2S.Na/c1-3-4(8)2-5(9)7(6(3)10)13(11)12;/h2H,1H3,(H,11,12);/q;+1/p-1. The fraction of sp³-hybridized carbons (Fsp3) is 0.143. The van der Waals surface area contributed by atoms with Gasteiger partial charge in [0.2, 0.25) is 0 Å². The largest absolute Gasteiger partial charge is 1.00 e. The quantitative estimate of drug-likeness (QED) is 0.444. The molecular formula is C7H4F3NaO2S. The van der Waals surface area contributed by atoms with Gasteiger partial charge in [-0.2, -0.15) is 0 Å². The maximum atomic E-state index is 12.9. The summed E-state index contributed by atoms with van der Waals surface area (Å²) in [5.74, 6) is -3.91. The van der Waals surface area contributed by atoms with Crippen molar-refractivity contribution in [3.63, 3.8) is 0 Å². The second-order valence-electron chi connectivity index (χ2n) is 2.34. The van der Waals surface area contributed by atoms with Crippen LogP contribution in [0.15, 0.2) is 11.0 Å². The zero-order valence-electron chi connectivity index (χ0n) is 7.44. The van der Waals surface area contributed by atoms with E-state index in [9.17, 15) is 21.9 Å². The van der Waals surface area contributed by atoms with Crippen molar-refractivity contribution < 1.29 is 51.5 Å². The number of halogens is 3. The molecule has 1 aromatic rings. The van der Waals surface area contributed by atoms with Crippen molar-refractivity contribution >= 4 is 11.1 Å². The Balaban J connectivity index is 0.00000169. The Morgan fingerprint density at radius 1 is 1.29 bits per heavy atom. The van der Waals surface area contributed by atoms with Gasteiger partial charge in [-0.1, -0.05) is 0 Å². The minimum Gasteiger partial charge on any atom is -0.768 e. The summed E-state index contributed by atoms with van der Waals surface area (Å²) in [7, 11) is 0. The van der Waals surface area contributed by atoms with Gasteiger partial charge in [0.1, 0.15) is 17.5 Å². The molecule has 1 unspecified atom stereocenters. The van der Waals surface area contributed by atoms with E-state index in [1.807, 2.05) is 0 Å². The minimum atomic E-state index is -3.04. The third-order valence-corrected chi connectivity index (χ3v) is 2.23. The molecule has 0 radical (unpaired) electrons. The maximum absolute atomic E-state index is 12.9. The molecule has 0 heterocycles. The summed E-state index contributed by atoms with van der Waals surface area (Å²) in [5, 5.41) is 0. The van der Waals surface area contributed by atoms with Gasteiger partial charge in [0.25, 0.3) is 0 Å². The average molecular weight is 232 g/mol. The summed E-state index contributed by atoms with van der Waals surface area (Å²) in [6.45, 7) is 1.03. The van der Waals surface area contributed by atoms with Crippen molar-refractivity contribution in [1.82, 2.24) is 0 Å². The first-order chi connectivity index (χ1) is 5.95. The molecular weight excluding hydrogens is 228 g/mol. The molecule has 0 aliphatic carbocycles. The van der Waals surface area contributed by atoms with E-state index in [4.69, 9.17) is 0 Å². The van der Waals surface area contributed by atoms with E-state index in [0.29, 0.717) is 6.07 Å². The van der Waals surface area contributed by atoms with Gasteiger partial charge >= 0.3 is 29.6 Å². The van der Waals surface area contributed by atoms with E-state index in [2.05, 4.69) is 0 Å². The van der Waals surface area contributed by atoms with Crippen LogP contribution in [-0.2, 0) is 11.1 Å². The summed E-state index contributed by atoms with van der Waals surface area (Å²) in [6.07, 6.45) is 0. The van der Waals surface area contributed by atoms with Crippen LogP contribution in [0.4, 0.5) is 13.2 Å². The van der Waals surface area contributed by atoms with Crippen LogP contribution in [0.1, 0.15) is 5.56 Å². The molecule has 1 atom stereocenters. The topological polar surface area (TPSA) is 40.1 Å². The van der Waals surface area contributed by atoms with Crippen molar-refractivity contribution in [2.75, 3.05) is 0 Å². The number of benzene rings is 1. The van der Waals surface area contributed by atoms with Crippen LogP contribution in [0, 0.1) is 24.4 Å². The Morgan fingerprint density at radius 3 is 2.21 bits per heavy atom. The molecule has 0 aliphatic heterocycles. The Hall–Kier alpha value is 0.120. The molecule has 7 heteroatoms. The third kappa shape index (κ3) is 2.58. The summed E-state index contributed by atoms with van der Waals surface area (Å²) < 4.78 is 58.8. The van der Waals surface area contributed by atoms with Crippen molar-refractivity contribution in [2.24, 2.45) is 0 Å². The zero-order valence-corrected chi connectivity index (χ0v) is 10.3. The molecule has 0 bridgehead atoms. The molecule has 0 aromatic heterocycles. The van der Waals surface area contributed by atoms with Gasteiger partial charge in [0.15, 0.2) is 0 Å². The van der Waals surface area contributed by atoms with Gasteiger partial charge in [-0.25, -0.2) is 13.2 Å². The van der Waals surface area contributed by atoms with E-state index in [1.165, 1.54) is 0 Å². The van der Waals surface area contributed by atoms with E-state index in [0.717, 1.165) is 6.92 Å². The normalized spacial score (nSPS) is 12.1. The van der Waals surface area contributed by atoms with Crippen molar-refractivity contribution in [1.29, 1.82) is 0 Å².